The predicted molar refractivity (Wildman–Crippen MR) is 99.8 cm³/mol. The molecule has 0 unspecified atom stereocenters. The van der Waals surface area contributed by atoms with Crippen LogP contribution in [0.5, 0.6) is 0 Å². The molecule has 0 aliphatic heterocycles. The molecule has 0 bridgehead atoms. The molecule has 0 radical (unpaired) electrons. The lowest BCUT2D eigenvalue weighted by Crippen LogP contribution is -2.08. The maximum atomic E-state index is 4.46. The predicted octanol–water partition coefficient (Wildman–Crippen LogP) is 3.52. The number of thioether (sulfide) groups is 1. The highest BCUT2D eigenvalue weighted by molar-refractivity contribution is 7.98. The van der Waals surface area contributed by atoms with Crippen molar-refractivity contribution < 1.29 is 0 Å². The molecule has 0 aliphatic rings. The summed E-state index contributed by atoms with van der Waals surface area (Å²) in [4.78, 5) is 2.07. The van der Waals surface area contributed by atoms with Gasteiger partial charge in [0.05, 0.1) is 6.21 Å². The van der Waals surface area contributed by atoms with E-state index in [0.717, 1.165) is 22.2 Å². The average molecular weight is 337 g/mol. The first kappa shape index (κ1) is 16.3. The van der Waals surface area contributed by atoms with Crippen LogP contribution in [-0.4, -0.2) is 35.2 Å². The Hall–Kier alpha value is -2.60. The van der Waals surface area contributed by atoms with E-state index in [1.165, 1.54) is 5.56 Å². The highest BCUT2D eigenvalue weighted by atomic mass is 32.2. The van der Waals surface area contributed by atoms with Gasteiger partial charge >= 0.3 is 0 Å². The zero-order chi connectivity index (χ0) is 16.8. The highest BCUT2D eigenvalue weighted by Crippen LogP contribution is 2.20. The van der Waals surface area contributed by atoms with Crippen LogP contribution < -0.4 is 4.90 Å². The van der Waals surface area contributed by atoms with Crippen molar-refractivity contribution in [3.05, 3.63) is 72.1 Å². The molecule has 0 atom stereocenters. The third-order valence-corrected chi connectivity index (χ3v) is 4.46. The summed E-state index contributed by atoms with van der Waals surface area (Å²) in [6.45, 7) is 0. The Labute approximate surface area is 146 Å². The Bertz CT molecular complexity index is 794. The average Bonchev–Trinajstić information content (AvgIpc) is 3.07. The van der Waals surface area contributed by atoms with Crippen molar-refractivity contribution in [2.24, 2.45) is 5.10 Å². The van der Waals surface area contributed by atoms with Crippen LogP contribution in [0.4, 0.5) is 5.69 Å². The second kappa shape index (κ2) is 7.79. The summed E-state index contributed by atoms with van der Waals surface area (Å²) in [6, 6.07) is 18.5. The summed E-state index contributed by atoms with van der Waals surface area (Å²) in [5, 5.41) is 13.3. The monoisotopic (exact) mass is 337 g/mol. The van der Waals surface area contributed by atoms with Crippen molar-refractivity contribution in [1.82, 2.24) is 14.9 Å². The van der Waals surface area contributed by atoms with Gasteiger partial charge in [0.2, 0.25) is 5.16 Å². The zero-order valence-corrected chi connectivity index (χ0v) is 14.5. The molecule has 5 nitrogen and oxygen atoms in total. The Balaban J connectivity index is 1.66. The van der Waals surface area contributed by atoms with E-state index in [0.29, 0.717) is 0 Å². The van der Waals surface area contributed by atoms with Gasteiger partial charge in [-0.25, -0.2) is 0 Å². The molecule has 6 heteroatoms. The summed E-state index contributed by atoms with van der Waals surface area (Å²) in [5.41, 5.74) is 3.45. The molecule has 0 spiro atoms. The molecule has 0 amide bonds. The van der Waals surface area contributed by atoms with Gasteiger partial charge in [-0.15, -0.1) is 10.2 Å². The molecule has 122 valence electrons. The van der Waals surface area contributed by atoms with Crippen molar-refractivity contribution in [2.75, 3.05) is 19.0 Å². The molecular formula is C18H19N5S. The zero-order valence-electron chi connectivity index (χ0n) is 13.7. The summed E-state index contributed by atoms with van der Waals surface area (Å²) in [6.07, 6.45) is 3.44. The van der Waals surface area contributed by atoms with E-state index in [4.69, 9.17) is 0 Å². The first-order chi connectivity index (χ1) is 11.7. The Morgan fingerprint density at radius 1 is 1.08 bits per heavy atom. The van der Waals surface area contributed by atoms with Crippen LogP contribution in [0.2, 0.25) is 0 Å². The Morgan fingerprint density at radius 3 is 2.54 bits per heavy atom. The number of hydrogen-bond acceptors (Lipinski definition) is 5. The minimum Gasteiger partial charge on any atom is -0.378 e. The van der Waals surface area contributed by atoms with Gasteiger partial charge in [0.15, 0.2) is 0 Å². The van der Waals surface area contributed by atoms with E-state index in [-0.39, 0.29) is 0 Å². The van der Waals surface area contributed by atoms with Crippen LogP contribution in [0.15, 0.2) is 71.2 Å². The third-order valence-electron chi connectivity index (χ3n) is 3.45. The fourth-order valence-electron chi connectivity index (χ4n) is 2.10. The fraction of sp³-hybridized carbons (Fsp3) is 0.167. The van der Waals surface area contributed by atoms with Crippen LogP contribution in [0, 0.1) is 0 Å². The van der Waals surface area contributed by atoms with Crippen LogP contribution in [0.3, 0.4) is 0 Å². The van der Waals surface area contributed by atoms with Gasteiger partial charge in [-0.05, 0) is 23.3 Å². The van der Waals surface area contributed by atoms with Crippen LogP contribution >= 0.6 is 11.8 Å². The lowest BCUT2D eigenvalue weighted by atomic mass is 10.2. The number of rotatable bonds is 6. The molecule has 1 aromatic heterocycles. The minimum absolute atomic E-state index is 0.778. The summed E-state index contributed by atoms with van der Waals surface area (Å²) < 4.78 is 1.70. The van der Waals surface area contributed by atoms with E-state index in [2.05, 4.69) is 44.5 Å². The molecule has 0 N–H and O–H groups in total. The van der Waals surface area contributed by atoms with Crippen molar-refractivity contribution in [3.63, 3.8) is 0 Å². The fourth-order valence-corrected chi connectivity index (χ4v) is 2.92. The summed E-state index contributed by atoms with van der Waals surface area (Å²) in [7, 11) is 4.05. The number of anilines is 1. The largest absolute Gasteiger partial charge is 0.378 e. The quantitative estimate of drug-likeness (QED) is 0.510. The SMILES string of the molecule is CN(C)c1ccc(/C=N\n2cnnc2SCc2ccccc2)cc1. The molecule has 1 heterocycles. The maximum Gasteiger partial charge on any atom is 0.212 e. The number of hydrogen-bond donors (Lipinski definition) is 0. The molecule has 24 heavy (non-hydrogen) atoms. The third kappa shape index (κ3) is 4.23. The normalized spacial score (nSPS) is 11.1. The second-order valence-electron chi connectivity index (χ2n) is 5.46. The van der Waals surface area contributed by atoms with Crippen LogP contribution in [-0.2, 0) is 5.75 Å². The smallest absolute Gasteiger partial charge is 0.212 e. The van der Waals surface area contributed by atoms with Gasteiger partial charge in [0.1, 0.15) is 6.33 Å². The lowest BCUT2D eigenvalue weighted by molar-refractivity contribution is 0.767. The minimum atomic E-state index is 0.778. The van der Waals surface area contributed by atoms with Gasteiger partial charge in [-0.3, -0.25) is 0 Å². The van der Waals surface area contributed by atoms with Crippen molar-refractivity contribution >= 4 is 23.7 Å². The van der Waals surface area contributed by atoms with Crippen molar-refractivity contribution in [3.8, 4) is 0 Å². The molecular weight excluding hydrogens is 318 g/mol. The molecule has 2 aromatic carbocycles. The topological polar surface area (TPSA) is 46.3 Å². The van der Waals surface area contributed by atoms with E-state index in [1.54, 1.807) is 22.8 Å². The van der Waals surface area contributed by atoms with Gasteiger partial charge in [-0.2, -0.15) is 9.78 Å². The Morgan fingerprint density at radius 2 is 1.83 bits per heavy atom. The number of nitrogens with zero attached hydrogens (tertiary/aromatic N) is 5. The van der Waals surface area contributed by atoms with E-state index < -0.39 is 0 Å². The first-order valence-electron chi connectivity index (χ1n) is 7.61. The molecule has 0 saturated carbocycles. The van der Waals surface area contributed by atoms with Gasteiger partial charge < -0.3 is 4.90 Å². The Kier molecular flexibility index (Phi) is 5.28. The highest BCUT2D eigenvalue weighted by Gasteiger charge is 2.04. The standard InChI is InChI=1S/C18H19N5S/c1-22(2)17-10-8-15(9-11-17)12-20-23-14-19-21-18(23)24-13-16-6-4-3-5-7-16/h3-12,14H,13H2,1-2H3/b20-12-. The van der Waals surface area contributed by atoms with Crippen molar-refractivity contribution in [1.29, 1.82) is 0 Å². The van der Waals surface area contributed by atoms with Crippen LogP contribution in [0.1, 0.15) is 11.1 Å². The van der Waals surface area contributed by atoms with E-state index in [1.807, 2.05) is 50.6 Å². The second-order valence-corrected chi connectivity index (χ2v) is 6.41. The van der Waals surface area contributed by atoms with E-state index >= 15 is 0 Å². The van der Waals surface area contributed by atoms with Crippen LogP contribution in [0.25, 0.3) is 0 Å². The number of benzene rings is 2. The lowest BCUT2D eigenvalue weighted by Gasteiger charge is -2.11. The molecule has 0 fully saturated rings. The van der Waals surface area contributed by atoms with Gasteiger partial charge in [-0.1, -0.05) is 54.2 Å². The summed E-state index contributed by atoms with van der Waals surface area (Å²) >= 11 is 1.62. The number of aromatic nitrogens is 3. The van der Waals surface area contributed by atoms with Gasteiger partial charge in [0, 0.05) is 25.5 Å². The molecule has 3 rings (SSSR count). The van der Waals surface area contributed by atoms with E-state index in [9.17, 15) is 0 Å². The molecule has 0 saturated heterocycles. The summed E-state index contributed by atoms with van der Waals surface area (Å²) in [5.74, 6) is 0.840. The molecule has 3 aromatic rings. The first-order valence-corrected chi connectivity index (χ1v) is 8.59. The maximum absolute atomic E-state index is 4.46. The molecule has 0 aliphatic carbocycles. The van der Waals surface area contributed by atoms with Crippen molar-refractivity contribution in [2.45, 2.75) is 10.9 Å². The van der Waals surface area contributed by atoms with Gasteiger partial charge in [0.25, 0.3) is 0 Å².